The molecule has 12 heteroatoms. The number of halogens is 4. The average Bonchev–Trinajstić information content (AvgIpc) is 3.22. The molecule has 0 saturated heterocycles. The number of aromatic nitrogens is 2. The standard InChI is InChI=1S/C26H33F4N5O3/c1-3-35-20(12-13-31-35)25(37)33-22(17-8-6-4-5-7-9-17)26(38)32-19-11-10-16(14-18(19)27)15-21(36)34(2)24(30)23(28)29/h10-14,17,22-24H,3-9,15H2,1-2H3,(H,32,38)(H,33,37). The van der Waals surface area contributed by atoms with E-state index in [0.717, 1.165) is 51.6 Å². The fourth-order valence-electron chi connectivity index (χ4n) is 4.62. The van der Waals surface area contributed by atoms with Gasteiger partial charge in [0.1, 0.15) is 17.6 Å². The van der Waals surface area contributed by atoms with E-state index in [1.54, 1.807) is 6.07 Å². The first kappa shape index (κ1) is 29.1. The van der Waals surface area contributed by atoms with Crippen LogP contribution in [0.4, 0.5) is 23.2 Å². The lowest BCUT2D eigenvalue weighted by molar-refractivity contribution is -0.141. The first-order valence-corrected chi connectivity index (χ1v) is 12.7. The molecule has 1 saturated carbocycles. The SMILES string of the molecule is CCn1nccc1C(=O)NC(C(=O)Nc1ccc(CC(=O)N(C)C(F)C(F)F)cc1F)C1CCCCCC1. The van der Waals surface area contributed by atoms with E-state index in [-0.39, 0.29) is 22.1 Å². The summed E-state index contributed by atoms with van der Waals surface area (Å²) in [5.74, 6) is -2.98. The maximum absolute atomic E-state index is 14.9. The van der Waals surface area contributed by atoms with E-state index in [0.29, 0.717) is 12.2 Å². The summed E-state index contributed by atoms with van der Waals surface area (Å²) in [5, 5.41) is 9.45. The monoisotopic (exact) mass is 539 g/mol. The summed E-state index contributed by atoms with van der Waals surface area (Å²) in [6.07, 6.45) is 0.230. The van der Waals surface area contributed by atoms with Gasteiger partial charge in [0.25, 0.3) is 12.3 Å². The van der Waals surface area contributed by atoms with Gasteiger partial charge in [-0.1, -0.05) is 31.7 Å². The molecule has 1 aromatic heterocycles. The van der Waals surface area contributed by atoms with Crippen LogP contribution in [-0.4, -0.2) is 58.2 Å². The van der Waals surface area contributed by atoms with Crippen molar-refractivity contribution in [2.24, 2.45) is 5.92 Å². The van der Waals surface area contributed by atoms with Crippen molar-refractivity contribution < 1.29 is 31.9 Å². The lowest BCUT2D eigenvalue weighted by Gasteiger charge is -2.26. The van der Waals surface area contributed by atoms with Crippen LogP contribution < -0.4 is 10.6 Å². The zero-order valence-corrected chi connectivity index (χ0v) is 21.4. The van der Waals surface area contributed by atoms with Gasteiger partial charge in [-0.25, -0.2) is 17.6 Å². The molecule has 2 atom stereocenters. The molecule has 1 heterocycles. The predicted molar refractivity (Wildman–Crippen MR) is 133 cm³/mol. The summed E-state index contributed by atoms with van der Waals surface area (Å²) < 4.78 is 54.9. The van der Waals surface area contributed by atoms with Crippen LogP contribution in [0.25, 0.3) is 0 Å². The number of likely N-dealkylation sites (N-methyl/N-ethyl adjacent to an activating group) is 1. The van der Waals surface area contributed by atoms with E-state index in [1.165, 1.54) is 23.0 Å². The van der Waals surface area contributed by atoms with Crippen molar-refractivity contribution in [2.75, 3.05) is 12.4 Å². The van der Waals surface area contributed by atoms with Crippen molar-refractivity contribution >= 4 is 23.4 Å². The van der Waals surface area contributed by atoms with Crippen LogP contribution in [0.1, 0.15) is 61.5 Å². The number of benzene rings is 1. The zero-order valence-electron chi connectivity index (χ0n) is 21.4. The Morgan fingerprint density at radius 2 is 1.79 bits per heavy atom. The fourth-order valence-corrected chi connectivity index (χ4v) is 4.62. The fraction of sp³-hybridized carbons (Fsp3) is 0.538. The van der Waals surface area contributed by atoms with Gasteiger partial charge < -0.3 is 15.5 Å². The Balaban J connectivity index is 1.74. The van der Waals surface area contributed by atoms with E-state index in [4.69, 9.17) is 0 Å². The molecule has 8 nitrogen and oxygen atoms in total. The van der Waals surface area contributed by atoms with Gasteiger partial charge in [0.05, 0.1) is 12.1 Å². The van der Waals surface area contributed by atoms with Crippen LogP contribution in [0.15, 0.2) is 30.5 Å². The smallest absolute Gasteiger partial charge is 0.287 e. The molecule has 2 aromatic rings. The van der Waals surface area contributed by atoms with Gasteiger partial charge in [-0.15, -0.1) is 0 Å². The molecule has 208 valence electrons. The second kappa shape index (κ2) is 13.4. The number of nitrogens with zero attached hydrogens (tertiary/aromatic N) is 3. The average molecular weight is 540 g/mol. The summed E-state index contributed by atoms with van der Waals surface area (Å²) >= 11 is 0. The maximum atomic E-state index is 14.9. The van der Waals surface area contributed by atoms with Crippen molar-refractivity contribution in [3.8, 4) is 0 Å². The van der Waals surface area contributed by atoms with Crippen molar-refractivity contribution in [1.29, 1.82) is 0 Å². The Morgan fingerprint density at radius 3 is 2.39 bits per heavy atom. The Labute approximate surface area is 218 Å². The summed E-state index contributed by atoms with van der Waals surface area (Å²) in [7, 11) is 0.902. The lowest BCUT2D eigenvalue weighted by Crippen LogP contribution is -2.49. The number of anilines is 1. The van der Waals surface area contributed by atoms with Crippen molar-refractivity contribution in [3.63, 3.8) is 0 Å². The largest absolute Gasteiger partial charge is 0.339 e. The molecule has 3 rings (SSSR count). The highest BCUT2D eigenvalue weighted by Crippen LogP contribution is 2.27. The minimum absolute atomic E-state index is 0.125. The first-order valence-electron chi connectivity index (χ1n) is 12.7. The number of aryl methyl sites for hydroxylation is 1. The number of carbonyl (C=O) groups excluding carboxylic acids is 3. The lowest BCUT2D eigenvalue weighted by atomic mass is 9.91. The van der Waals surface area contributed by atoms with E-state index in [9.17, 15) is 31.9 Å². The highest BCUT2D eigenvalue weighted by molar-refractivity contribution is 6.00. The molecule has 2 unspecified atom stereocenters. The molecule has 0 bridgehead atoms. The van der Waals surface area contributed by atoms with Crippen LogP contribution in [0, 0.1) is 11.7 Å². The Hall–Kier alpha value is -3.44. The third-order valence-corrected chi connectivity index (χ3v) is 6.81. The molecule has 38 heavy (non-hydrogen) atoms. The first-order chi connectivity index (χ1) is 18.1. The van der Waals surface area contributed by atoms with E-state index in [1.807, 2.05) is 6.92 Å². The molecule has 2 N–H and O–H groups in total. The Kier molecular flexibility index (Phi) is 10.3. The number of amides is 3. The highest BCUT2D eigenvalue weighted by atomic mass is 19.3. The Morgan fingerprint density at radius 1 is 1.11 bits per heavy atom. The molecule has 1 aromatic carbocycles. The molecule has 0 aliphatic heterocycles. The number of hydrogen-bond donors (Lipinski definition) is 2. The molecular weight excluding hydrogens is 506 g/mol. The number of hydrogen-bond acceptors (Lipinski definition) is 4. The van der Waals surface area contributed by atoms with Gasteiger partial charge in [0.2, 0.25) is 18.1 Å². The van der Waals surface area contributed by atoms with Gasteiger partial charge in [-0.05, 0) is 49.4 Å². The van der Waals surface area contributed by atoms with Crippen LogP contribution in [0.3, 0.4) is 0 Å². The van der Waals surface area contributed by atoms with Crippen LogP contribution in [0.5, 0.6) is 0 Å². The van der Waals surface area contributed by atoms with E-state index >= 15 is 0 Å². The van der Waals surface area contributed by atoms with E-state index < -0.39 is 48.7 Å². The van der Waals surface area contributed by atoms with Gasteiger partial charge in [-0.3, -0.25) is 19.1 Å². The normalized spacial score (nSPS) is 16.0. The number of nitrogens with one attached hydrogen (secondary N) is 2. The van der Waals surface area contributed by atoms with Crippen LogP contribution in [0.2, 0.25) is 0 Å². The molecule has 3 amide bonds. The topological polar surface area (TPSA) is 96.3 Å². The summed E-state index contributed by atoms with van der Waals surface area (Å²) in [4.78, 5) is 38.7. The second-order valence-electron chi connectivity index (χ2n) is 9.43. The molecule has 1 aliphatic rings. The van der Waals surface area contributed by atoms with Crippen molar-refractivity contribution in [1.82, 2.24) is 20.0 Å². The molecule has 1 fully saturated rings. The van der Waals surface area contributed by atoms with Gasteiger partial charge in [0, 0.05) is 19.8 Å². The van der Waals surface area contributed by atoms with E-state index in [2.05, 4.69) is 15.7 Å². The third kappa shape index (κ3) is 7.32. The van der Waals surface area contributed by atoms with Crippen LogP contribution >= 0.6 is 0 Å². The highest BCUT2D eigenvalue weighted by Gasteiger charge is 2.32. The minimum atomic E-state index is -3.36. The van der Waals surface area contributed by atoms with Crippen molar-refractivity contribution in [3.05, 3.63) is 47.5 Å². The Bertz CT molecular complexity index is 1120. The predicted octanol–water partition coefficient (Wildman–Crippen LogP) is 4.31. The van der Waals surface area contributed by atoms with Gasteiger partial charge in [-0.2, -0.15) is 5.10 Å². The zero-order chi connectivity index (χ0) is 27.8. The molecule has 1 aliphatic carbocycles. The van der Waals surface area contributed by atoms with Gasteiger partial charge >= 0.3 is 0 Å². The summed E-state index contributed by atoms with van der Waals surface area (Å²) in [6.45, 7) is 2.31. The third-order valence-electron chi connectivity index (χ3n) is 6.81. The number of rotatable bonds is 10. The summed E-state index contributed by atoms with van der Waals surface area (Å²) in [5.41, 5.74) is 0.272. The van der Waals surface area contributed by atoms with Crippen LogP contribution in [-0.2, 0) is 22.6 Å². The quantitative estimate of drug-likeness (QED) is 0.267. The second-order valence-corrected chi connectivity index (χ2v) is 9.43. The maximum Gasteiger partial charge on any atom is 0.287 e. The summed E-state index contributed by atoms with van der Waals surface area (Å²) in [6, 6.07) is 4.22. The van der Waals surface area contributed by atoms with Crippen molar-refractivity contribution in [2.45, 2.75) is 77.2 Å². The van der Waals surface area contributed by atoms with Gasteiger partial charge in [0.15, 0.2) is 0 Å². The molecule has 0 spiro atoms. The number of alkyl halides is 3. The number of carbonyl (C=O) groups is 3. The minimum Gasteiger partial charge on any atom is -0.339 e. The molecular formula is C26H33F4N5O3. The molecule has 0 radical (unpaired) electrons.